The van der Waals surface area contributed by atoms with E-state index in [1.54, 1.807) is 17.8 Å². The molecule has 0 saturated heterocycles. The van der Waals surface area contributed by atoms with E-state index in [0.717, 1.165) is 21.1 Å². The van der Waals surface area contributed by atoms with Crippen LogP contribution in [0.3, 0.4) is 0 Å². The fourth-order valence-corrected chi connectivity index (χ4v) is 3.98. The third-order valence-corrected chi connectivity index (χ3v) is 5.37. The summed E-state index contributed by atoms with van der Waals surface area (Å²) in [6.45, 7) is 5.78. The van der Waals surface area contributed by atoms with Crippen LogP contribution in [0, 0.1) is 13.8 Å². The molecule has 0 aliphatic heterocycles. The Bertz CT molecular complexity index is 723. The molecule has 4 nitrogen and oxygen atoms in total. The minimum absolute atomic E-state index is 0.222. The number of rotatable bonds is 5. The molecule has 0 saturated carbocycles. The Kier molecular flexibility index (Phi) is 5.26. The molecular weight excluding hydrogens is 316 g/mol. The molecule has 3 N–H and O–H groups in total. The van der Waals surface area contributed by atoms with Crippen molar-refractivity contribution in [1.29, 1.82) is 0 Å². The van der Waals surface area contributed by atoms with Gasteiger partial charge in [-0.05, 0) is 37.3 Å². The van der Waals surface area contributed by atoms with E-state index in [-0.39, 0.29) is 5.91 Å². The van der Waals surface area contributed by atoms with Gasteiger partial charge in [0.15, 0.2) is 0 Å². The number of nitrogens with one attached hydrogen (secondary N) is 1. The van der Waals surface area contributed by atoms with E-state index >= 15 is 0 Å². The molecule has 22 heavy (non-hydrogen) atoms. The number of amides is 2. The zero-order chi connectivity index (χ0) is 16.3. The number of carbonyl (C=O) groups excluding carboxylic acids is 2. The van der Waals surface area contributed by atoms with Crippen molar-refractivity contribution in [2.45, 2.75) is 25.7 Å². The van der Waals surface area contributed by atoms with Gasteiger partial charge in [-0.25, -0.2) is 0 Å². The van der Waals surface area contributed by atoms with Crippen molar-refractivity contribution in [3.8, 4) is 0 Å². The number of primary amides is 1. The van der Waals surface area contributed by atoms with Gasteiger partial charge in [-0.15, -0.1) is 23.1 Å². The molecule has 0 atom stereocenters. The van der Waals surface area contributed by atoms with E-state index in [2.05, 4.69) is 5.32 Å². The van der Waals surface area contributed by atoms with Crippen molar-refractivity contribution in [1.82, 2.24) is 0 Å². The number of nitrogens with two attached hydrogens (primary N) is 1. The van der Waals surface area contributed by atoms with Gasteiger partial charge in [0.05, 0.1) is 11.1 Å². The number of hydrogen-bond acceptors (Lipinski definition) is 4. The number of aryl methyl sites for hydroxylation is 1. The highest BCUT2D eigenvalue weighted by Gasteiger charge is 2.20. The molecule has 0 fully saturated rings. The summed E-state index contributed by atoms with van der Waals surface area (Å²) in [5.74, 6) is 0.141. The van der Waals surface area contributed by atoms with E-state index < -0.39 is 5.91 Å². The molecule has 0 spiro atoms. The molecule has 2 amide bonds. The third-order valence-electron chi connectivity index (χ3n) is 3.29. The smallest absolute Gasteiger partial charge is 0.257 e. The van der Waals surface area contributed by atoms with Crippen LogP contribution in [0.4, 0.5) is 5.00 Å². The molecule has 0 aliphatic rings. The molecule has 1 aromatic carbocycles. The first kappa shape index (κ1) is 16.6. The largest absolute Gasteiger partial charge is 0.365 e. The minimum atomic E-state index is -0.520. The van der Waals surface area contributed by atoms with Crippen LogP contribution in [0.2, 0.25) is 0 Å². The van der Waals surface area contributed by atoms with Crippen LogP contribution in [-0.2, 0) is 0 Å². The van der Waals surface area contributed by atoms with Crippen LogP contribution < -0.4 is 11.1 Å². The van der Waals surface area contributed by atoms with Crippen molar-refractivity contribution in [2.24, 2.45) is 5.73 Å². The number of thiophene rings is 1. The molecular formula is C16H18N2O2S2. The normalized spacial score (nSPS) is 10.5. The molecule has 0 radical (unpaired) electrons. The van der Waals surface area contributed by atoms with E-state index in [1.165, 1.54) is 11.3 Å². The van der Waals surface area contributed by atoms with E-state index in [0.29, 0.717) is 16.1 Å². The lowest BCUT2D eigenvalue weighted by molar-refractivity contribution is 0.100. The lowest BCUT2D eigenvalue weighted by Gasteiger charge is -2.09. The Labute approximate surface area is 138 Å². The van der Waals surface area contributed by atoms with Crippen molar-refractivity contribution in [2.75, 3.05) is 11.1 Å². The predicted molar refractivity (Wildman–Crippen MR) is 93.1 cm³/mol. The maximum atomic E-state index is 12.5. The molecule has 116 valence electrons. The second-order valence-electron chi connectivity index (χ2n) is 4.73. The summed E-state index contributed by atoms with van der Waals surface area (Å²) in [4.78, 5) is 26.0. The van der Waals surface area contributed by atoms with Crippen LogP contribution >= 0.6 is 23.1 Å². The standard InChI is InChI=1S/C16H18N2O2S2/c1-4-21-12-8-6-5-7-11(12)15(20)18-16-13(14(17)19)9(2)10(3)22-16/h5-8H,4H2,1-3H3,(H2,17,19)(H,18,20). The summed E-state index contributed by atoms with van der Waals surface area (Å²) in [5, 5.41) is 3.35. The van der Waals surface area contributed by atoms with E-state index in [4.69, 9.17) is 5.73 Å². The maximum absolute atomic E-state index is 12.5. The van der Waals surface area contributed by atoms with E-state index in [9.17, 15) is 9.59 Å². The summed E-state index contributed by atoms with van der Waals surface area (Å²) >= 11 is 2.98. The maximum Gasteiger partial charge on any atom is 0.257 e. The molecule has 6 heteroatoms. The van der Waals surface area contributed by atoms with Gasteiger partial charge >= 0.3 is 0 Å². The quantitative estimate of drug-likeness (QED) is 0.816. The molecule has 1 heterocycles. The summed E-state index contributed by atoms with van der Waals surface area (Å²) in [6, 6.07) is 7.44. The van der Waals surface area contributed by atoms with Crippen molar-refractivity contribution >= 4 is 39.9 Å². The van der Waals surface area contributed by atoms with Gasteiger partial charge in [-0.2, -0.15) is 0 Å². The Balaban J connectivity index is 2.34. The van der Waals surface area contributed by atoms with Gasteiger partial charge in [-0.3, -0.25) is 9.59 Å². The fraction of sp³-hybridized carbons (Fsp3) is 0.250. The number of thioether (sulfide) groups is 1. The molecule has 1 aromatic heterocycles. The van der Waals surface area contributed by atoms with Gasteiger partial charge in [0.25, 0.3) is 11.8 Å². The first-order valence-electron chi connectivity index (χ1n) is 6.88. The monoisotopic (exact) mass is 334 g/mol. The van der Waals surface area contributed by atoms with Gasteiger partial charge in [0.2, 0.25) is 0 Å². The Morgan fingerprint density at radius 2 is 1.95 bits per heavy atom. The van der Waals surface area contributed by atoms with Crippen molar-refractivity contribution < 1.29 is 9.59 Å². The highest BCUT2D eigenvalue weighted by Crippen LogP contribution is 2.33. The topological polar surface area (TPSA) is 72.2 Å². The van der Waals surface area contributed by atoms with Gasteiger partial charge in [-0.1, -0.05) is 19.1 Å². The van der Waals surface area contributed by atoms with Crippen LogP contribution in [0.25, 0.3) is 0 Å². The first-order chi connectivity index (χ1) is 10.5. The Morgan fingerprint density at radius 3 is 2.59 bits per heavy atom. The summed E-state index contributed by atoms with van der Waals surface area (Å²) in [6.07, 6.45) is 0. The van der Waals surface area contributed by atoms with Crippen LogP contribution in [0.1, 0.15) is 38.1 Å². The summed E-state index contributed by atoms with van der Waals surface area (Å²) < 4.78 is 0. The summed E-state index contributed by atoms with van der Waals surface area (Å²) in [5.41, 5.74) is 7.26. The van der Waals surface area contributed by atoms with Crippen LogP contribution in [0.5, 0.6) is 0 Å². The molecule has 0 aliphatic carbocycles. The zero-order valence-electron chi connectivity index (χ0n) is 12.7. The predicted octanol–water partition coefficient (Wildman–Crippen LogP) is 3.83. The second-order valence-corrected chi connectivity index (χ2v) is 7.27. The van der Waals surface area contributed by atoms with Crippen molar-refractivity contribution in [3.05, 3.63) is 45.8 Å². The molecule has 0 bridgehead atoms. The fourth-order valence-electron chi connectivity index (χ4n) is 2.12. The lowest BCUT2D eigenvalue weighted by Crippen LogP contribution is -2.17. The molecule has 2 aromatic rings. The minimum Gasteiger partial charge on any atom is -0.365 e. The van der Waals surface area contributed by atoms with Gasteiger partial charge in [0, 0.05) is 9.77 Å². The number of benzene rings is 1. The lowest BCUT2D eigenvalue weighted by atomic mass is 10.1. The average Bonchev–Trinajstić information content (AvgIpc) is 2.74. The van der Waals surface area contributed by atoms with Gasteiger partial charge in [0.1, 0.15) is 5.00 Å². The zero-order valence-corrected chi connectivity index (χ0v) is 14.4. The summed E-state index contributed by atoms with van der Waals surface area (Å²) in [7, 11) is 0. The highest BCUT2D eigenvalue weighted by atomic mass is 32.2. The van der Waals surface area contributed by atoms with Gasteiger partial charge < -0.3 is 11.1 Å². The molecule has 0 unspecified atom stereocenters. The van der Waals surface area contributed by atoms with Crippen LogP contribution in [0.15, 0.2) is 29.2 Å². The SMILES string of the molecule is CCSc1ccccc1C(=O)Nc1sc(C)c(C)c1C(N)=O. The number of anilines is 1. The number of hydrogen-bond donors (Lipinski definition) is 2. The Hall–Kier alpha value is -1.79. The van der Waals surface area contributed by atoms with Crippen LogP contribution in [-0.4, -0.2) is 17.6 Å². The second kappa shape index (κ2) is 6.98. The Morgan fingerprint density at radius 1 is 1.27 bits per heavy atom. The average molecular weight is 334 g/mol. The van der Waals surface area contributed by atoms with E-state index in [1.807, 2.05) is 39.0 Å². The third kappa shape index (κ3) is 3.34. The van der Waals surface area contributed by atoms with Crippen molar-refractivity contribution in [3.63, 3.8) is 0 Å². The first-order valence-corrected chi connectivity index (χ1v) is 8.68. The number of carbonyl (C=O) groups is 2. The highest BCUT2D eigenvalue weighted by molar-refractivity contribution is 7.99. The molecule has 2 rings (SSSR count).